The van der Waals surface area contributed by atoms with Crippen molar-refractivity contribution in [2.24, 2.45) is 5.73 Å². The maximum Gasteiger partial charge on any atom is 0.268 e. The van der Waals surface area contributed by atoms with Crippen LogP contribution in [-0.2, 0) is 6.54 Å². The van der Waals surface area contributed by atoms with Gasteiger partial charge in [0.25, 0.3) is 12.3 Å². The first-order chi connectivity index (χ1) is 19.4. The molecular formula is C29H26F4N6O2. The average Bonchev–Trinajstić information content (AvgIpc) is 3.52. The molecule has 0 unspecified atom stereocenters. The Labute approximate surface area is 232 Å². The third-order valence-corrected chi connectivity index (χ3v) is 6.99. The zero-order valence-electron chi connectivity index (χ0n) is 22.2. The van der Waals surface area contributed by atoms with E-state index in [0.717, 1.165) is 10.7 Å². The van der Waals surface area contributed by atoms with E-state index in [2.05, 4.69) is 10.3 Å². The Morgan fingerprint density at radius 1 is 1.17 bits per heavy atom. The second kappa shape index (κ2) is 10.6. The number of carbonyl (C=O) groups excluding carboxylic acids is 1. The summed E-state index contributed by atoms with van der Waals surface area (Å²) in [5.41, 5.74) is 3.59. The van der Waals surface area contributed by atoms with Gasteiger partial charge in [-0.15, -0.1) is 5.10 Å². The predicted octanol–water partition coefficient (Wildman–Crippen LogP) is 4.80. The van der Waals surface area contributed by atoms with Crippen LogP contribution in [-0.4, -0.2) is 55.6 Å². The van der Waals surface area contributed by atoms with E-state index in [4.69, 9.17) is 11.0 Å². The first-order valence-corrected chi connectivity index (χ1v) is 12.8. The minimum absolute atomic E-state index is 0.0379. The summed E-state index contributed by atoms with van der Waals surface area (Å²) in [6.45, 7) is 3.50. The molecule has 1 aromatic heterocycles. The Balaban J connectivity index is 1.73. The van der Waals surface area contributed by atoms with Crippen LogP contribution >= 0.6 is 0 Å². The molecule has 4 aromatic rings. The van der Waals surface area contributed by atoms with Crippen LogP contribution in [0.4, 0.5) is 17.6 Å². The Morgan fingerprint density at radius 2 is 1.93 bits per heavy atom. The van der Waals surface area contributed by atoms with Gasteiger partial charge in [0.05, 0.1) is 23.3 Å². The van der Waals surface area contributed by atoms with Crippen molar-refractivity contribution in [3.63, 3.8) is 0 Å². The zero-order valence-corrected chi connectivity index (χ0v) is 22.2. The Hall–Kier alpha value is -4.34. The highest BCUT2D eigenvalue weighted by atomic mass is 19.3. The lowest BCUT2D eigenvalue weighted by Crippen LogP contribution is -2.31. The number of hydrogen-bond acceptors (Lipinski definition) is 6. The first-order valence-electron chi connectivity index (χ1n) is 12.8. The van der Waals surface area contributed by atoms with E-state index in [1.807, 2.05) is 0 Å². The number of rotatable bonds is 6. The molecule has 0 spiro atoms. The van der Waals surface area contributed by atoms with Crippen LogP contribution in [0.1, 0.15) is 48.2 Å². The largest absolute Gasteiger partial charge is 0.389 e. The maximum absolute atomic E-state index is 16.1. The molecule has 212 valence electrons. The number of likely N-dealkylation sites (tertiary alicyclic amines) is 1. The van der Waals surface area contributed by atoms with Gasteiger partial charge in [-0.1, -0.05) is 17.3 Å². The van der Waals surface area contributed by atoms with Gasteiger partial charge in [-0.25, -0.2) is 22.2 Å². The smallest absolute Gasteiger partial charge is 0.268 e. The van der Waals surface area contributed by atoms with Crippen LogP contribution in [0.2, 0.25) is 0 Å². The average molecular weight is 567 g/mol. The summed E-state index contributed by atoms with van der Waals surface area (Å²) < 4.78 is 60.5. The molecule has 3 N–H and O–H groups in total. The van der Waals surface area contributed by atoms with Crippen LogP contribution in [0.15, 0.2) is 42.5 Å². The summed E-state index contributed by atoms with van der Waals surface area (Å²) in [5.74, 6) is -2.41. The quantitative estimate of drug-likeness (QED) is 0.324. The number of carbonyl (C=O) groups is 1. The molecular weight excluding hydrogens is 540 g/mol. The standard InChI is InChI=1S/C29H26F4N6O2/c1-29(2,41)14-39-26-23(36-37-39)11-21(25(31)24(26)27(32)33)19-6-5-16(28(40)38-8-7-18(35)13-38)9-20(19)15-3-4-17(12-34)22(30)10-15/h3-6,9-11,18,27,41H,7-8,13-14,35H2,1-2H3/t18-/m0/s1. The number of fused-ring (bicyclic) bond motifs is 1. The Bertz CT molecular complexity index is 1710. The van der Waals surface area contributed by atoms with Crippen LogP contribution in [0.3, 0.4) is 0 Å². The van der Waals surface area contributed by atoms with Crippen LogP contribution in [0.5, 0.6) is 0 Å². The van der Waals surface area contributed by atoms with Gasteiger partial charge in [-0.2, -0.15) is 5.26 Å². The van der Waals surface area contributed by atoms with Crippen LogP contribution < -0.4 is 5.73 Å². The highest BCUT2D eigenvalue weighted by molar-refractivity contribution is 5.99. The normalized spacial score (nSPS) is 15.6. The van der Waals surface area contributed by atoms with Crippen molar-refractivity contribution in [3.05, 3.63) is 70.8 Å². The minimum Gasteiger partial charge on any atom is -0.389 e. The highest BCUT2D eigenvalue weighted by Crippen LogP contribution is 2.41. The molecule has 0 aliphatic carbocycles. The van der Waals surface area contributed by atoms with Gasteiger partial charge in [-0.3, -0.25) is 4.79 Å². The molecule has 12 heteroatoms. The molecule has 1 fully saturated rings. The second-order valence-corrected chi connectivity index (χ2v) is 10.7. The van der Waals surface area contributed by atoms with Crippen molar-refractivity contribution in [1.29, 1.82) is 5.26 Å². The number of benzene rings is 3. The Morgan fingerprint density at radius 3 is 2.54 bits per heavy atom. The number of amides is 1. The molecule has 1 aliphatic rings. The highest BCUT2D eigenvalue weighted by Gasteiger charge is 2.30. The number of aliphatic hydroxyl groups is 1. The number of nitriles is 1. The van der Waals surface area contributed by atoms with E-state index in [0.29, 0.717) is 19.5 Å². The molecule has 8 nitrogen and oxygen atoms in total. The molecule has 0 radical (unpaired) electrons. The van der Waals surface area contributed by atoms with Gasteiger partial charge in [0.15, 0.2) is 0 Å². The van der Waals surface area contributed by atoms with E-state index in [-0.39, 0.29) is 62.9 Å². The van der Waals surface area contributed by atoms with E-state index in [1.165, 1.54) is 50.2 Å². The van der Waals surface area contributed by atoms with Crippen molar-refractivity contribution in [2.45, 2.75) is 44.9 Å². The first kappa shape index (κ1) is 28.2. The number of alkyl halides is 2. The van der Waals surface area contributed by atoms with Crippen molar-refractivity contribution in [3.8, 4) is 28.3 Å². The zero-order chi connectivity index (χ0) is 29.6. The third-order valence-electron chi connectivity index (χ3n) is 6.99. The fourth-order valence-corrected chi connectivity index (χ4v) is 5.10. The van der Waals surface area contributed by atoms with E-state index < -0.39 is 29.2 Å². The van der Waals surface area contributed by atoms with E-state index in [1.54, 1.807) is 11.0 Å². The van der Waals surface area contributed by atoms with Gasteiger partial charge in [-0.05, 0) is 67.3 Å². The summed E-state index contributed by atoms with van der Waals surface area (Å²) in [7, 11) is 0. The van der Waals surface area contributed by atoms with Gasteiger partial charge in [0.2, 0.25) is 0 Å². The molecule has 0 saturated carbocycles. The van der Waals surface area contributed by atoms with Crippen LogP contribution in [0, 0.1) is 23.0 Å². The molecule has 5 rings (SSSR count). The summed E-state index contributed by atoms with van der Waals surface area (Å²) in [4.78, 5) is 14.8. The molecule has 41 heavy (non-hydrogen) atoms. The second-order valence-electron chi connectivity index (χ2n) is 10.7. The van der Waals surface area contributed by atoms with Gasteiger partial charge >= 0.3 is 0 Å². The predicted molar refractivity (Wildman–Crippen MR) is 143 cm³/mol. The minimum atomic E-state index is -3.26. The SMILES string of the molecule is CC(C)(O)Cn1nnc2cc(-c3ccc(C(=O)N4CC[C@H](N)C4)cc3-c3ccc(C#N)c(F)c3)c(F)c(C(F)F)c21. The lowest BCUT2D eigenvalue weighted by Gasteiger charge is -2.20. The van der Waals surface area contributed by atoms with Crippen LogP contribution in [0.25, 0.3) is 33.3 Å². The molecule has 2 heterocycles. The van der Waals surface area contributed by atoms with Gasteiger partial charge in [0.1, 0.15) is 28.7 Å². The molecule has 1 atom stereocenters. The number of hydrogen-bond donors (Lipinski definition) is 2. The molecule has 0 bridgehead atoms. The third kappa shape index (κ3) is 5.38. The maximum atomic E-state index is 16.1. The molecule has 3 aromatic carbocycles. The summed E-state index contributed by atoms with van der Waals surface area (Å²) in [6, 6.07) is 10.9. The fourth-order valence-electron chi connectivity index (χ4n) is 5.10. The van der Waals surface area contributed by atoms with Crippen molar-refractivity contribution in [1.82, 2.24) is 19.9 Å². The fraction of sp³-hybridized carbons (Fsp3) is 0.310. The summed E-state index contributed by atoms with van der Waals surface area (Å²) >= 11 is 0. The monoisotopic (exact) mass is 566 g/mol. The van der Waals surface area contributed by atoms with Crippen molar-refractivity contribution < 1.29 is 27.5 Å². The number of nitrogens with two attached hydrogens (primary N) is 1. The lowest BCUT2D eigenvalue weighted by molar-refractivity contribution is 0.0581. The van der Waals surface area contributed by atoms with E-state index >= 15 is 4.39 Å². The summed E-state index contributed by atoms with van der Waals surface area (Å²) in [6.07, 6.45) is -2.62. The molecule has 1 aliphatic heterocycles. The Kier molecular flexibility index (Phi) is 7.27. The van der Waals surface area contributed by atoms with E-state index in [9.17, 15) is 23.1 Å². The van der Waals surface area contributed by atoms with Crippen molar-refractivity contribution in [2.75, 3.05) is 13.1 Å². The van der Waals surface area contributed by atoms with Gasteiger partial charge in [0, 0.05) is 30.3 Å². The van der Waals surface area contributed by atoms with Crippen molar-refractivity contribution >= 4 is 16.9 Å². The van der Waals surface area contributed by atoms with Gasteiger partial charge < -0.3 is 15.7 Å². The number of nitrogens with zero attached hydrogens (tertiary/aromatic N) is 5. The topological polar surface area (TPSA) is 121 Å². The number of aromatic nitrogens is 3. The lowest BCUT2D eigenvalue weighted by atomic mass is 9.90. The molecule has 1 amide bonds. The number of halogens is 4. The summed E-state index contributed by atoms with van der Waals surface area (Å²) in [5, 5.41) is 27.2. The molecule has 1 saturated heterocycles.